The normalized spacial score (nSPS) is 17.5. The molecule has 0 atom stereocenters. The van der Waals surface area contributed by atoms with Crippen LogP contribution < -0.4 is 9.47 Å². The van der Waals surface area contributed by atoms with Crippen molar-refractivity contribution in [2.75, 3.05) is 26.2 Å². The molecule has 0 bridgehead atoms. The Hall–Kier alpha value is -0.950. The largest absolute Gasteiger partial charge is 0.573 e. The second-order valence-electron chi connectivity index (χ2n) is 5.51. The molecule has 1 aliphatic rings. The summed E-state index contributed by atoms with van der Waals surface area (Å²) >= 11 is 3.20. The molecule has 3 nitrogen and oxygen atoms in total. The third kappa shape index (κ3) is 5.68. The molecule has 124 valence electrons. The fourth-order valence-electron chi connectivity index (χ4n) is 2.37. The zero-order valence-corrected chi connectivity index (χ0v) is 13.9. The standard InChI is InChI=1S/C15H19BrF3NO2/c1-11-4-6-20(7-5-11)8-9-21-14-3-2-12(10-13(14)16)22-15(17,18)19/h2-3,10-11H,4-9H2,1H3. The molecule has 0 N–H and O–H groups in total. The first-order valence-electron chi connectivity index (χ1n) is 7.24. The Morgan fingerprint density at radius 3 is 2.55 bits per heavy atom. The van der Waals surface area contributed by atoms with E-state index in [0.29, 0.717) is 16.8 Å². The molecule has 0 aliphatic carbocycles. The number of piperidine rings is 1. The van der Waals surface area contributed by atoms with E-state index in [1.165, 1.54) is 31.0 Å². The van der Waals surface area contributed by atoms with Crippen molar-refractivity contribution < 1.29 is 22.6 Å². The number of benzene rings is 1. The minimum atomic E-state index is -4.69. The monoisotopic (exact) mass is 381 g/mol. The number of nitrogens with zero attached hydrogens (tertiary/aromatic N) is 1. The highest BCUT2D eigenvalue weighted by molar-refractivity contribution is 9.10. The van der Waals surface area contributed by atoms with E-state index < -0.39 is 6.36 Å². The predicted molar refractivity (Wildman–Crippen MR) is 81.2 cm³/mol. The molecule has 0 aromatic heterocycles. The fourth-order valence-corrected chi connectivity index (χ4v) is 2.84. The van der Waals surface area contributed by atoms with Crippen LogP contribution in [-0.2, 0) is 0 Å². The van der Waals surface area contributed by atoms with Gasteiger partial charge in [0.05, 0.1) is 4.47 Å². The molecule has 1 fully saturated rings. The summed E-state index contributed by atoms with van der Waals surface area (Å²) in [6.07, 6.45) is -2.28. The Balaban J connectivity index is 1.80. The highest BCUT2D eigenvalue weighted by Crippen LogP contribution is 2.32. The predicted octanol–water partition coefficient (Wildman–Crippen LogP) is 4.46. The summed E-state index contributed by atoms with van der Waals surface area (Å²) in [5, 5.41) is 0. The van der Waals surface area contributed by atoms with Crippen molar-refractivity contribution in [3.05, 3.63) is 22.7 Å². The number of hydrogen-bond donors (Lipinski definition) is 0. The molecule has 1 heterocycles. The Bertz CT molecular complexity index is 488. The molecule has 1 aromatic rings. The van der Waals surface area contributed by atoms with Crippen molar-refractivity contribution >= 4 is 15.9 Å². The van der Waals surface area contributed by atoms with Gasteiger partial charge in [0.2, 0.25) is 0 Å². The van der Waals surface area contributed by atoms with Gasteiger partial charge in [-0.25, -0.2) is 0 Å². The van der Waals surface area contributed by atoms with Gasteiger partial charge in [-0.05, 0) is 66.0 Å². The van der Waals surface area contributed by atoms with Crippen LogP contribution in [-0.4, -0.2) is 37.5 Å². The van der Waals surface area contributed by atoms with Gasteiger partial charge < -0.3 is 9.47 Å². The number of alkyl halides is 3. The fraction of sp³-hybridized carbons (Fsp3) is 0.600. The maximum absolute atomic E-state index is 12.1. The second kappa shape index (κ2) is 7.55. The lowest BCUT2D eigenvalue weighted by molar-refractivity contribution is -0.274. The van der Waals surface area contributed by atoms with Gasteiger partial charge in [-0.15, -0.1) is 13.2 Å². The van der Waals surface area contributed by atoms with Gasteiger partial charge in [0.1, 0.15) is 18.1 Å². The van der Waals surface area contributed by atoms with Gasteiger partial charge in [-0.1, -0.05) is 6.92 Å². The van der Waals surface area contributed by atoms with E-state index in [4.69, 9.17) is 4.74 Å². The van der Waals surface area contributed by atoms with Gasteiger partial charge >= 0.3 is 6.36 Å². The summed E-state index contributed by atoms with van der Waals surface area (Å²) in [5.74, 6) is 1.03. The van der Waals surface area contributed by atoms with Crippen LogP contribution in [0.2, 0.25) is 0 Å². The van der Waals surface area contributed by atoms with E-state index in [1.54, 1.807) is 0 Å². The summed E-state index contributed by atoms with van der Waals surface area (Å²) in [5.41, 5.74) is 0. The molecule has 0 spiro atoms. The van der Waals surface area contributed by atoms with E-state index in [-0.39, 0.29) is 5.75 Å². The number of halogens is 4. The number of hydrogen-bond acceptors (Lipinski definition) is 3. The lowest BCUT2D eigenvalue weighted by Crippen LogP contribution is -2.35. The first-order chi connectivity index (χ1) is 10.3. The third-order valence-corrected chi connectivity index (χ3v) is 4.30. The zero-order chi connectivity index (χ0) is 16.2. The van der Waals surface area contributed by atoms with E-state index in [0.717, 1.165) is 25.6 Å². The van der Waals surface area contributed by atoms with E-state index in [2.05, 4.69) is 32.5 Å². The van der Waals surface area contributed by atoms with Crippen LogP contribution in [0.25, 0.3) is 0 Å². The molecule has 1 aromatic carbocycles. The average molecular weight is 382 g/mol. The summed E-state index contributed by atoms with van der Waals surface area (Å²) in [6, 6.07) is 3.98. The van der Waals surface area contributed by atoms with Crippen LogP contribution >= 0.6 is 15.9 Å². The molecule has 1 aliphatic heterocycles. The lowest BCUT2D eigenvalue weighted by atomic mass is 9.99. The molecule has 0 unspecified atom stereocenters. The van der Waals surface area contributed by atoms with E-state index in [9.17, 15) is 13.2 Å². The van der Waals surface area contributed by atoms with Crippen molar-refractivity contribution in [2.45, 2.75) is 26.1 Å². The van der Waals surface area contributed by atoms with Crippen molar-refractivity contribution in [2.24, 2.45) is 5.92 Å². The van der Waals surface area contributed by atoms with Gasteiger partial charge in [0, 0.05) is 6.54 Å². The van der Waals surface area contributed by atoms with Crippen LogP contribution in [0, 0.1) is 5.92 Å². The zero-order valence-electron chi connectivity index (χ0n) is 12.3. The maximum atomic E-state index is 12.1. The maximum Gasteiger partial charge on any atom is 0.573 e. The minimum Gasteiger partial charge on any atom is -0.491 e. The second-order valence-corrected chi connectivity index (χ2v) is 6.37. The van der Waals surface area contributed by atoms with Gasteiger partial charge in [-0.2, -0.15) is 0 Å². The lowest BCUT2D eigenvalue weighted by Gasteiger charge is -2.29. The van der Waals surface area contributed by atoms with Gasteiger partial charge in [-0.3, -0.25) is 4.90 Å². The molecule has 22 heavy (non-hydrogen) atoms. The van der Waals surface area contributed by atoms with Gasteiger partial charge in [0.25, 0.3) is 0 Å². The first-order valence-corrected chi connectivity index (χ1v) is 8.03. The molecular weight excluding hydrogens is 363 g/mol. The van der Waals surface area contributed by atoms with Crippen molar-refractivity contribution in [1.82, 2.24) is 4.90 Å². The smallest absolute Gasteiger partial charge is 0.491 e. The highest BCUT2D eigenvalue weighted by Gasteiger charge is 2.31. The van der Waals surface area contributed by atoms with Crippen molar-refractivity contribution in [3.63, 3.8) is 0 Å². The van der Waals surface area contributed by atoms with E-state index in [1.807, 2.05) is 0 Å². The number of rotatable bonds is 5. The van der Waals surface area contributed by atoms with Crippen LogP contribution in [0.15, 0.2) is 22.7 Å². The Morgan fingerprint density at radius 1 is 1.27 bits per heavy atom. The first kappa shape index (κ1) is 17.4. The highest BCUT2D eigenvalue weighted by atomic mass is 79.9. The molecule has 0 amide bonds. The molecule has 1 saturated heterocycles. The summed E-state index contributed by atoms with van der Waals surface area (Å²) in [7, 11) is 0. The van der Waals surface area contributed by atoms with Crippen molar-refractivity contribution in [1.29, 1.82) is 0 Å². The Labute approximate surface area is 136 Å². The summed E-state index contributed by atoms with van der Waals surface area (Å²) in [6.45, 7) is 5.73. The SMILES string of the molecule is CC1CCN(CCOc2ccc(OC(F)(F)F)cc2Br)CC1. The topological polar surface area (TPSA) is 21.7 Å². The molecular formula is C15H19BrF3NO2. The quantitative estimate of drug-likeness (QED) is 0.751. The molecule has 0 radical (unpaired) electrons. The molecule has 2 rings (SSSR count). The summed E-state index contributed by atoms with van der Waals surface area (Å²) < 4.78 is 46.3. The third-order valence-electron chi connectivity index (χ3n) is 3.68. The Morgan fingerprint density at radius 2 is 1.95 bits per heavy atom. The van der Waals surface area contributed by atoms with Crippen LogP contribution in [0.4, 0.5) is 13.2 Å². The number of ether oxygens (including phenoxy) is 2. The minimum absolute atomic E-state index is 0.267. The van der Waals surface area contributed by atoms with Crippen LogP contribution in [0.5, 0.6) is 11.5 Å². The molecule has 7 heteroatoms. The Kier molecular flexibility index (Phi) is 5.97. The summed E-state index contributed by atoms with van der Waals surface area (Å²) in [4.78, 5) is 2.34. The van der Waals surface area contributed by atoms with Crippen LogP contribution in [0.3, 0.4) is 0 Å². The number of likely N-dealkylation sites (tertiary alicyclic amines) is 1. The van der Waals surface area contributed by atoms with Crippen LogP contribution in [0.1, 0.15) is 19.8 Å². The van der Waals surface area contributed by atoms with Gasteiger partial charge in [0.15, 0.2) is 0 Å². The average Bonchev–Trinajstić information content (AvgIpc) is 2.41. The molecule has 0 saturated carbocycles. The van der Waals surface area contributed by atoms with E-state index >= 15 is 0 Å². The van der Waals surface area contributed by atoms with Crippen molar-refractivity contribution in [3.8, 4) is 11.5 Å².